The van der Waals surface area contributed by atoms with Gasteiger partial charge in [-0.2, -0.15) is 0 Å². The van der Waals surface area contributed by atoms with Gasteiger partial charge in [0.15, 0.2) is 16.6 Å². The quantitative estimate of drug-likeness (QED) is 0.663. The molecule has 2 aromatic carbocycles. The number of nitrogens with one attached hydrogen (secondary N) is 2. The average molecular weight is 375 g/mol. The summed E-state index contributed by atoms with van der Waals surface area (Å²) in [5, 5.41) is 6.81. The number of rotatable bonds is 7. The molecule has 0 bridgehead atoms. The first-order valence-corrected chi connectivity index (χ1v) is 8.91. The second-order valence-electron chi connectivity index (χ2n) is 5.92. The molecule has 0 aliphatic rings. The van der Waals surface area contributed by atoms with Crippen LogP contribution in [0.4, 0.5) is 11.4 Å². The summed E-state index contributed by atoms with van der Waals surface area (Å²) in [6.45, 7) is 4.41. The Morgan fingerprint density at radius 1 is 0.923 bits per heavy atom. The number of benzene rings is 2. The monoisotopic (exact) mass is 374 g/mol. The number of ether oxygens (including phenoxy) is 3. The Hall–Kier alpha value is -2.47. The van der Waals surface area contributed by atoms with Crippen LogP contribution in [0.15, 0.2) is 36.4 Å². The summed E-state index contributed by atoms with van der Waals surface area (Å²) in [5.41, 5.74) is 3.00. The molecule has 0 fully saturated rings. The third kappa shape index (κ3) is 4.79. The average Bonchev–Trinajstić information content (AvgIpc) is 2.66. The summed E-state index contributed by atoms with van der Waals surface area (Å²) >= 11 is 5.41. The molecule has 140 valence electrons. The molecule has 0 saturated carbocycles. The number of hydrogen-bond donors (Lipinski definition) is 2. The van der Waals surface area contributed by atoms with E-state index in [1.54, 1.807) is 33.5 Å². The van der Waals surface area contributed by atoms with Crippen LogP contribution in [0.3, 0.4) is 0 Å². The topological polar surface area (TPSA) is 51.8 Å². The lowest BCUT2D eigenvalue weighted by Crippen LogP contribution is -2.19. The molecule has 0 saturated heterocycles. The zero-order chi connectivity index (χ0) is 19.1. The molecule has 0 aromatic heterocycles. The first kappa shape index (κ1) is 19.8. The molecule has 0 radical (unpaired) electrons. The highest BCUT2D eigenvalue weighted by atomic mass is 32.1. The fourth-order valence-electron chi connectivity index (χ4n) is 2.58. The predicted molar refractivity (Wildman–Crippen MR) is 111 cm³/mol. The van der Waals surface area contributed by atoms with Gasteiger partial charge in [-0.1, -0.05) is 26.0 Å². The number of methoxy groups -OCH3 is 3. The predicted octanol–water partition coefficient (Wildman–Crippen LogP) is 5.03. The lowest BCUT2D eigenvalue weighted by Gasteiger charge is -2.16. The van der Waals surface area contributed by atoms with Gasteiger partial charge in [-0.05, 0) is 42.3 Å². The fourth-order valence-corrected chi connectivity index (χ4v) is 2.81. The Balaban J connectivity index is 2.10. The normalized spacial score (nSPS) is 11.4. The van der Waals surface area contributed by atoms with E-state index in [1.807, 2.05) is 12.1 Å². The lowest BCUT2D eigenvalue weighted by molar-refractivity contribution is 0.324. The van der Waals surface area contributed by atoms with Crippen LogP contribution in [0.1, 0.15) is 31.7 Å². The van der Waals surface area contributed by atoms with Crippen LogP contribution in [0.2, 0.25) is 0 Å². The minimum Gasteiger partial charge on any atom is -0.493 e. The molecule has 2 rings (SSSR count). The lowest BCUT2D eigenvalue weighted by atomic mass is 9.99. The van der Waals surface area contributed by atoms with E-state index in [9.17, 15) is 0 Å². The molecule has 0 aliphatic heterocycles. The Labute approximate surface area is 160 Å². The van der Waals surface area contributed by atoms with Gasteiger partial charge in [-0.15, -0.1) is 0 Å². The largest absolute Gasteiger partial charge is 0.493 e. The van der Waals surface area contributed by atoms with Crippen molar-refractivity contribution in [3.8, 4) is 17.2 Å². The minimum atomic E-state index is 0.482. The maximum atomic E-state index is 5.41. The molecule has 2 aromatic rings. The first-order valence-electron chi connectivity index (χ1n) is 8.50. The molecule has 0 amide bonds. The summed E-state index contributed by atoms with van der Waals surface area (Å²) in [4.78, 5) is 0. The minimum absolute atomic E-state index is 0.482. The van der Waals surface area contributed by atoms with Gasteiger partial charge in [0.2, 0.25) is 5.75 Å². The molecular formula is C20H26N2O3S. The van der Waals surface area contributed by atoms with Gasteiger partial charge < -0.3 is 24.8 Å². The van der Waals surface area contributed by atoms with Crippen LogP contribution in [-0.2, 0) is 0 Å². The van der Waals surface area contributed by atoms with Crippen LogP contribution < -0.4 is 24.8 Å². The van der Waals surface area contributed by atoms with Gasteiger partial charge >= 0.3 is 0 Å². The third-order valence-corrected chi connectivity index (χ3v) is 4.48. The van der Waals surface area contributed by atoms with Gasteiger partial charge in [-0.25, -0.2) is 0 Å². The summed E-state index contributed by atoms with van der Waals surface area (Å²) in [7, 11) is 4.73. The van der Waals surface area contributed by atoms with E-state index in [-0.39, 0.29) is 0 Å². The fraction of sp³-hybridized carbons (Fsp3) is 0.350. The van der Waals surface area contributed by atoms with Gasteiger partial charge in [0.05, 0.1) is 21.3 Å². The molecular weight excluding hydrogens is 348 g/mol. The van der Waals surface area contributed by atoms with Crippen LogP contribution >= 0.6 is 12.2 Å². The first-order chi connectivity index (χ1) is 12.5. The Bertz CT molecular complexity index is 722. The van der Waals surface area contributed by atoms with Crippen molar-refractivity contribution in [3.05, 3.63) is 42.0 Å². The zero-order valence-corrected chi connectivity index (χ0v) is 16.7. The Kier molecular flexibility index (Phi) is 7.09. The smallest absolute Gasteiger partial charge is 0.203 e. The molecule has 0 spiro atoms. The SMILES string of the molecule is CCC(C)c1ccc(NC(=S)Nc2cc(OC)c(OC)c(OC)c2)cc1. The van der Waals surface area contributed by atoms with E-state index < -0.39 is 0 Å². The van der Waals surface area contributed by atoms with Crippen molar-refractivity contribution in [1.82, 2.24) is 0 Å². The summed E-state index contributed by atoms with van der Waals surface area (Å²) in [5.74, 6) is 2.22. The van der Waals surface area contributed by atoms with E-state index >= 15 is 0 Å². The highest BCUT2D eigenvalue weighted by Crippen LogP contribution is 2.39. The van der Waals surface area contributed by atoms with Crippen molar-refractivity contribution >= 4 is 28.7 Å². The molecule has 1 atom stereocenters. The molecule has 5 nitrogen and oxygen atoms in total. The van der Waals surface area contributed by atoms with Gasteiger partial charge in [0.25, 0.3) is 0 Å². The molecule has 6 heteroatoms. The van der Waals surface area contributed by atoms with Crippen LogP contribution in [0.5, 0.6) is 17.2 Å². The summed E-state index contributed by atoms with van der Waals surface area (Å²) in [6, 6.07) is 11.9. The van der Waals surface area contributed by atoms with Gasteiger partial charge in [0, 0.05) is 23.5 Å². The number of thiocarbonyl (C=S) groups is 1. The van der Waals surface area contributed by atoms with E-state index in [0.29, 0.717) is 28.3 Å². The number of anilines is 2. The van der Waals surface area contributed by atoms with E-state index in [2.05, 4.69) is 36.6 Å². The Morgan fingerprint density at radius 2 is 1.46 bits per heavy atom. The zero-order valence-electron chi connectivity index (χ0n) is 15.9. The summed E-state index contributed by atoms with van der Waals surface area (Å²) < 4.78 is 16.0. The van der Waals surface area contributed by atoms with Crippen LogP contribution in [0, 0.1) is 0 Å². The van der Waals surface area contributed by atoms with Gasteiger partial charge in [-0.3, -0.25) is 0 Å². The Morgan fingerprint density at radius 3 is 1.92 bits per heavy atom. The third-order valence-electron chi connectivity index (χ3n) is 4.27. The molecule has 1 unspecified atom stereocenters. The molecule has 0 aliphatic carbocycles. The van der Waals surface area contributed by atoms with Crippen molar-refractivity contribution in [1.29, 1.82) is 0 Å². The van der Waals surface area contributed by atoms with Crippen molar-refractivity contribution in [2.75, 3.05) is 32.0 Å². The van der Waals surface area contributed by atoms with E-state index in [1.165, 1.54) is 5.56 Å². The van der Waals surface area contributed by atoms with Crippen LogP contribution in [-0.4, -0.2) is 26.4 Å². The second-order valence-corrected chi connectivity index (χ2v) is 6.33. The highest BCUT2D eigenvalue weighted by Gasteiger charge is 2.13. The van der Waals surface area contributed by atoms with E-state index in [4.69, 9.17) is 26.4 Å². The number of hydrogen-bond acceptors (Lipinski definition) is 4. The second kappa shape index (κ2) is 9.29. The van der Waals surface area contributed by atoms with Crippen molar-refractivity contribution in [2.45, 2.75) is 26.2 Å². The highest BCUT2D eigenvalue weighted by molar-refractivity contribution is 7.80. The molecule has 0 heterocycles. The van der Waals surface area contributed by atoms with E-state index in [0.717, 1.165) is 17.8 Å². The molecule has 2 N–H and O–H groups in total. The summed E-state index contributed by atoms with van der Waals surface area (Å²) in [6.07, 6.45) is 1.12. The molecule has 26 heavy (non-hydrogen) atoms. The van der Waals surface area contributed by atoms with Crippen LogP contribution in [0.25, 0.3) is 0 Å². The van der Waals surface area contributed by atoms with Crippen molar-refractivity contribution < 1.29 is 14.2 Å². The maximum Gasteiger partial charge on any atom is 0.203 e. The van der Waals surface area contributed by atoms with Gasteiger partial charge in [0.1, 0.15) is 0 Å². The van der Waals surface area contributed by atoms with Crippen molar-refractivity contribution in [2.24, 2.45) is 0 Å². The van der Waals surface area contributed by atoms with Crippen molar-refractivity contribution in [3.63, 3.8) is 0 Å². The maximum absolute atomic E-state index is 5.41. The standard InChI is InChI=1S/C20H26N2O3S/c1-6-13(2)14-7-9-15(10-8-14)21-20(26)22-16-11-17(23-3)19(25-5)18(12-16)24-4/h7-13H,6H2,1-5H3,(H2,21,22,26).